The number of hydrogen-bond donors (Lipinski definition) is 1. The van der Waals surface area contributed by atoms with Crippen LogP contribution < -0.4 is 10.5 Å². The first-order valence-corrected chi connectivity index (χ1v) is 5.27. The van der Waals surface area contributed by atoms with Crippen molar-refractivity contribution in [2.45, 2.75) is 38.8 Å². The Morgan fingerprint density at radius 1 is 1.43 bits per heavy atom. The van der Waals surface area contributed by atoms with Crippen molar-refractivity contribution in [1.29, 1.82) is 0 Å². The van der Waals surface area contributed by atoms with Gasteiger partial charge in [0.2, 0.25) is 0 Å². The van der Waals surface area contributed by atoms with E-state index >= 15 is 0 Å². The fourth-order valence-electron chi connectivity index (χ4n) is 1.94. The van der Waals surface area contributed by atoms with E-state index in [2.05, 4.69) is 19.1 Å². The summed E-state index contributed by atoms with van der Waals surface area (Å²) in [6.07, 6.45) is 2.40. The first-order valence-electron chi connectivity index (χ1n) is 5.27. The van der Waals surface area contributed by atoms with Crippen molar-refractivity contribution in [3.8, 4) is 5.75 Å². The third-order valence-electron chi connectivity index (χ3n) is 2.79. The summed E-state index contributed by atoms with van der Waals surface area (Å²) >= 11 is 0. The summed E-state index contributed by atoms with van der Waals surface area (Å²) < 4.78 is 5.63. The highest BCUT2D eigenvalue weighted by atomic mass is 16.5. The second kappa shape index (κ2) is 3.62. The molecule has 2 nitrogen and oxygen atoms in total. The lowest BCUT2D eigenvalue weighted by Crippen LogP contribution is -2.21. The molecule has 0 spiro atoms. The fourth-order valence-corrected chi connectivity index (χ4v) is 1.94. The normalized spacial score (nSPS) is 24.5. The molecule has 0 fully saturated rings. The van der Waals surface area contributed by atoms with E-state index in [0.29, 0.717) is 0 Å². The van der Waals surface area contributed by atoms with Crippen molar-refractivity contribution < 1.29 is 4.74 Å². The third-order valence-corrected chi connectivity index (χ3v) is 2.79. The Labute approximate surface area is 85.1 Å². The van der Waals surface area contributed by atoms with Crippen LogP contribution in [0.5, 0.6) is 5.75 Å². The van der Waals surface area contributed by atoms with Gasteiger partial charge < -0.3 is 10.5 Å². The van der Waals surface area contributed by atoms with Crippen LogP contribution in [0.15, 0.2) is 18.2 Å². The van der Waals surface area contributed by atoms with Crippen molar-refractivity contribution in [2.75, 3.05) is 0 Å². The van der Waals surface area contributed by atoms with Gasteiger partial charge in [0.15, 0.2) is 0 Å². The lowest BCUT2D eigenvalue weighted by atomic mass is 10.0. The van der Waals surface area contributed by atoms with Gasteiger partial charge >= 0.3 is 0 Å². The molecular formula is C12H17NO. The molecule has 1 aliphatic rings. The van der Waals surface area contributed by atoms with Gasteiger partial charge in [-0.2, -0.15) is 0 Å². The topological polar surface area (TPSA) is 35.2 Å². The van der Waals surface area contributed by atoms with E-state index in [-0.39, 0.29) is 12.1 Å². The largest absolute Gasteiger partial charge is 0.488 e. The number of benzene rings is 1. The summed E-state index contributed by atoms with van der Waals surface area (Å²) in [5.41, 5.74) is 8.56. The Balaban J connectivity index is 2.31. The van der Waals surface area contributed by atoms with Crippen LogP contribution in [-0.2, 0) is 6.42 Å². The predicted molar refractivity (Wildman–Crippen MR) is 57.5 cm³/mol. The van der Waals surface area contributed by atoms with Crippen molar-refractivity contribution in [3.63, 3.8) is 0 Å². The van der Waals surface area contributed by atoms with Crippen LogP contribution in [-0.4, -0.2) is 6.10 Å². The van der Waals surface area contributed by atoms with Crippen LogP contribution in [0.1, 0.15) is 37.4 Å². The summed E-state index contributed by atoms with van der Waals surface area (Å²) in [4.78, 5) is 0. The number of hydrogen-bond acceptors (Lipinski definition) is 2. The molecule has 0 amide bonds. The Kier molecular flexibility index (Phi) is 2.46. The smallest absolute Gasteiger partial charge is 0.124 e. The van der Waals surface area contributed by atoms with E-state index in [1.807, 2.05) is 13.0 Å². The van der Waals surface area contributed by atoms with E-state index in [4.69, 9.17) is 10.5 Å². The van der Waals surface area contributed by atoms with Crippen LogP contribution in [0.4, 0.5) is 0 Å². The van der Waals surface area contributed by atoms with Gasteiger partial charge in [0.25, 0.3) is 0 Å². The van der Waals surface area contributed by atoms with Crippen molar-refractivity contribution in [3.05, 3.63) is 29.3 Å². The third kappa shape index (κ3) is 1.50. The first-order chi connectivity index (χ1) is 6.72. The molecule has 0 saturated carbocycles. The molecule has 1 heterocycles. The van der Waals surface area contributed by atoms with Crippen LogP contribution in [0, 0.1) is 0 Å². The van der Waals surface area contributed by atoms with E-state index < -0.39 is 0 Å². The Morgan fingerprint density at radius 2 is 2.21 bits per heavy atom. The SMILES string of the molecule is CCCc1ccc2c(c1)C(N)C(C)O2. The maximum atomic E-state index is 6.03. The average molecular weight is 191 g/mol. The van der Waals surface area contributed by atoms with Crippen LogP contribution in [0.3, 0.4) is 0 Å². The molecule has 1 aliphatic heterocycles. The number of ether oxygens (including phenoxy) is 1. The average Bonchev–Trinajstić information content (AvgIpc) is 2.45. The van der Waals surface area contributed by atoms with Gasteiger partial charge in [-0.05, 0) is 25.0 Å². The van der Waals surface area contributed by atoms with E-state index in [0.717, 1.165) is 12.2 Å². The highest BCUT2D eigenvalue weighted by Crippen LogP contribution is 2.35. The van der Waals surface area contributed by atoms with E-state index in [9.17, 15) is 0 Å². The lowest BCUT2D eigenvalue weighted by Gasteiger charge is -2.07. The fraction of sp³-hybridized carbons (Fsp3) is 0.500. The highest BCUT2D eigenvalue weighted by molar-refractivity contribution is 5.43. The molecule has 2 N–H and O–H groups in total. The molecule has 2 rings (SSSR count). The van der Waals surface area contributed by atoms with Gasteiger partial charge in [-0.3, -0.25) is 0 Å². The van der Waals surface area contributed by atoms with Gasteiger partial charge in [-0.25, -0.2) is 0 Å². The minimum atomic E-state index is 0.0433. The maximum absolute atomic E-state index is 6.03. The maximum Gasteiger partial charge on any atom is 0.124 e. The van der Waals surface area contributed by atoms with E-state index in [1.165, 1.54) is 17.5 Å². The highest BCUT2D eigenvalue weighted by Gasteiger charge is 2.27. The van der Waals surface area contributed by atoms with Crippen molar-refractivity contribution in [2.24, 2.45) is 5.73 Å². The summed E-state index contributed by atoms with van der Waals surface area (Å²) in [6.45, 7) is 4.20. The number of aryl methyl sites for hydroxylation is 1. The van der Waals surface area contributed by atoms with E-state index in [1.54, 1.807) is 0 Å². The van der Waals surface area contributed by atoms with Gasteiger partial charge in [-0.15, -0.1) is 0 Å². The molecule has 2 heteroatoms. The Hall–Kier alpha value is -1.02. The summed E-state index contributed by atoms with van der Waals surface area (Å²) in [5.74, 6) is 0.963. The molecule has 0 bridgehead atoms. The van der Waals surface area contributed by atoms with Gasteiger partial charge in [0, 0.05) is 5.56 Å². The Morgan fingerprint density at radius 3 is 2.93 bits per heavy atom. The zero-order valence-electron chi connectivity index (χ0n) is 8.79. The molecule has 14 heavy (non-hydrogen) atoms. The molecular weight excluding hydrogens is 174 g/mol. The van der Waals surface area contributed by atoms with Crippen molar-refractivity contribution >= 4 is 0 Å². The minimum Gasteiger partial charge on any atom is -0.488 e. The quantitative estimate of drug-likeness (QED) is 0.779. The molecule has 1 aromatic rings. The predicted octanol–water partition coefficient (Wildman–Crippen LogP) is 2.42. The molecule has 2 atom stereocenters. The zero-order chi connectivity index (χ0) is 10.1. The van der Waals surface area contributed by atoms with Gasteiger partial charge in [0.1, 0.15) is 11.9 Å². The molecule has 0 aromatic heterocycles. The summed E-state index contributed by atoms with van der Waals surface area (Å²) in [6, 6.07) is 6.41. The minimum absolute atomic E-state index is 0.0433. The van der Waals surface area contributed by atoms with Crippen LogP contribution >= 0.6 is 0 Å². The molecule has 0 saturated heterocycles. The second-order valence-electron chi connectivity index (χ2n) is 3.97. The van der Waals surface area contributed by atoms with Gasteiger partial charge in [0.05, 0.1) is 6.04 Å². The molecule has 0 radical (unpaired) electrons. The first kappa shape index (κ1) is 9.53. The monoisotopic (exact) mass is 191 g/mol. The summed E-state index contributed by atoms with van der Waals surface area (Å²) in [5, 5.41) is 0. The standard InChI is InChI=1S/C12H17NO/c1-3-4-9-5-6-11-10(7-9)12(13)8(2)14-11/h5-8,12H,3-4,13H2,1-2H3. The zero-order valence-corrected chi connectivity index (χ0v) is 8.79. The van der Waals surface area contributed by atoms with Crippen LogP contribution in [0.2, 0.25) is 0 Å². The summed E-state index contributed by atoms with van der Waals surface area (Å²) in [7, 11) is 0. The number of nitrogens with two attached hydrogens (primary N) is 1. The van der Waals surface area contributed by atoms with Gasteiger partial charge in [-0.1, -0.05) is 25.5 Å². The number of fused-ring (bicyclic) bond motifs is 1. The van der Waals surface area contributed by atoms with Crippen LogP contribution in [0.25, 0.3) is 0 Å². The lowest BCUT2D eigenvalue weighted by molar-refractivity contribution is 0.228. The molecule has 0 aliphatic carbocycles. The number of rotatable bonds is 2. The van der Waals surface area contributed by atoms with Crippen molar-refractivity contribution in [1.82, 2.24) is 0 Å². The Bertz CT molecular complexity index is 335. The molecule has 1 aromatic carbocycles. The second-order valence-corrected chi connectivity index (χ2v) is 3.97. The molecule has 76 valence electrons. The molecule has 2 unspecified atom stereocenters.